The number of aromatic nitrogens is 2. The summed E-state index contributed by atoms with van der Waals surface area (Å²) >= 11 is 2.81. The summed E-state index contributed by atoms with van der Waals surface area (Å²) in [5, 5.41) is 14.5. The number of hydrogen-bond acceptors (Lipinski definition) is 7. The first-order valence-electron chi connectivity index (χ1n) is 5.83. The topological polar surface area (TPSA) is 76.1 Å². The van der Waals surface area contributed by atoms with Crippen LogP contribution in [-0.2, 0) is 9.53 Å². The summed E-state index contributed by atoms with van der Waals surface area (Å²) in [7, 11) is 1.64. The Morgan fingerprint density at radius 2 is 2.42 bits per heavy atom. The zero-order chi connectivity index (χ0) is 13.9. The molecule has 0 aliphatic rings. The summed E-state index contributed by atoms with van der Waals surface area (Å²) in [5.41, 5.74) is 0. The van der Waals surface area contributed by atoms with Gasteiger partial charge in [0.2, 0.25) is 11.0 Å². The second kappa shape index (κ2) is 9.76. The van der Waals surface area contributed by atoms with Gasteiger partial charge in [-0.15, -0.1) is 16.8 Å². The first-order valence-corrected chi connectivity index (χ1v) is 7.63. The average molecular weight is 302 g/mol. The molecule has 1 heterocycles. The van der Waals surface area contributed by atoms with E-state index in [0.29, 0.717) is 25.4 Å². The molecule has 0 atom stereocenters. The molecule has 0 saturated heterocycles. The third kappa shape index (κ3) is 7.14. The number of nitrogens with zero attached hydrogens (tertiary/aromatic N) is 2. The van der Waals surface area contributed by atoms with E-state index in [1.165, 1.54) is 23.1 Å². The smallest absolute Gasteiger partial charge is 0.230 e. The van der Waals surface area contributed by atoms with Crippen molar-refractivity contribution in [2.24, 2.45) is 0 Å². The number of hydrogen-bond donors (Lipinski definition) is 2. The van der Waals surface area contributed by atoms with E-state index in [2.05, 4.69) is 27.4 Å². The molecule has 6 nitrogen and oxygen atoms in total. The summed E-state index contributed by atoms with van der Waals surface area (Å²) in [6.45, 7) is 5.55. The minimum atomic E-state index is -0.00287. The van der Waals surface area contributed by atoms with Crippen molar-refractivity contribution in [3.8, 4) is 0 Å². The Morgan fingerprint density at radius 1 is 1.58 bits per heavy atom. The Bertz CT molecular complexity index is 398. The molecule has 1 amide bonds. The third-order valence-corrected chi connectivity index (χ3v) is 3.99. The van der Waals surface area contributed by atoms with Crippen LogP contribution in [0.3, 0.4) is 0 Å². The monoisotopic (exact) mass is 302 g/mol. The summed E-state index contributed by atoms with van der Waals surface area (Å²) in [6.07, 6.45) is 2.57. The van der Waals surface area contributed by atoms with Gasteiger partial charge in [-0.1, -0.05) is 29.2 Å². The predicted octanol–water partition coefficient (Wildman–Crippen LogP) is 1.38. The highest BCUT2D eigenvalue weighted by molar-refractivity contribution is 8.01. The molecule has 0 bridgehead atoms. The van der Waals surface area contributed by atoms with Crippen molar-refractivity contribution in [3.63, 3.8) is 0 Å². The number of methoxy groups -OCH3 is 1. The molecular weight excluding hydrogens is 284 g/mol. The fourth-order valence-electron chi connectivity index (χ4n) is 1.12. The normalized spacial score (nSPS) is 10.2. The number of carbonyl (C=O) groups excluding carboxylic acids is 1. The standard InChI is InChI=1S/C11H18N4O2S2/c1-3-5-13-10-14-15-11(19-10)18-8-9(16)12-6-4-7-17-2/h3H,1,4-8H2,2H3,(H,12,16)(H,13,14). The van der Waals surface area contributed by atoms with Gasteiger partial charge in [-0.05, 0) is 6.42 Å². The lowest BCUT2D eigenvalue weighted by Crippen LogP contribution is -2.26. The highest BCUT2D eigenvalue weighted by atomic mass is 32.2. The van der Waals surface area contributed by atoms with Crippen molar-refractivity contribution in [3.05, 3.63) is 12.7 Å². The number of anilines is 1. The van der Waals surface area contributed by atoms with E-state index in [0.717, 1.165) is 15.9 Å². The van der Waals surface area contributed by atoms with E-state index in [-0.39, 0.29) is 5.91 Å². The first kappa shape index (κ1) is 15.9. The Hall–Kier alpha value is -1.12. The van der Waals surface area contributed by atoms with E-state index in [1.54, 1.807) is 13.2 Å². The number of carbonyl (C=O) groups is 1. The Labute approximate surface area is 121 Å². The first-order chi connectivity index (χ1) is 9.26. The zero-order valence-electron chi connectivity index (χ0n) is 10.8. The second-order valence-corrected chi connectivity index (χ2v) is 5.73. The Kier molecular flexibility index (Phi) is 8.19. The highest BCUT2D eigenvalue weighted by Crippen LogP contribution is 2.24. The maximum atomic E-state index is 11.5. The van der Waals surface area contributed by atoms with E-state index in [1.807, 2.05) is 0 Å². The Morgan fingerprint density at radius 3 is 3.16 bits per heavy atom. The summed E-state index contributed by atoms with van der Waals surface area (Å²) in [4.78, 5) is 11.5. The van der Waals surface area contributed by atoms with Crippen molar-refractivity contribution in [2.75, 3.05) is 37.9 Å². The van der Waals surface area contributed by atoms with Crippen LogP contribution in [0, 0.1) is 0 Å². The number of ether oxygens (including phenoxy) is 1. The van der Waals surface area contributed by atoms with Gasteiger partial charge in [-0.25, -0.2) is 0 Å². The van der Waals surface area contributed by atoms with Crippen LogP contribution < -0.4 is 10.6 Å². The van der Waals surface area contributed by atoms with Gasteiger partial charge in [0.1, 0.15) is 0 Å². The highest BCUT2D eigenvalue weighted by Gasteiger charge is 2.07. The molecule has 106 valence electrons. The van der Waals surface area contributed by atoms with Crippen LogP contribution in [0.5, 0.6) is 0 Å². The summed E-state index contributed by atoms with van der Waals surface area (Å²) in [5.74, 6) is 0.347. The van der Waals surface area contributed by atoms with Gasteiger partial charge in [0.05, 0.1) is 5.75 Å². The van der Waals surface area contributed by atoms with Crippen molar-refractivity contribution >= 4 is 34.1 Å². The molecule has 1 rings (SSSR count). The Balaban J connectivity index is 2.18. The van der Waals surface area contributed by atoms with Crippen molar-refractivity contribution in [1.82, 2.24) is 15.5 Å². The minimum Gasteiger partial charge on any atom is -0.385 e. The third-order valence-electron chi connectivity index (χ3n) is 1.98. The lowest BCUT2D eigenvalue weighted by molar-refractivity contribution is -0.118. The van der Waals surface area contributed by atoms with Crippen LogP contribution in [0.25, 0.3) is 0 Å². The van der Waals surface area contributed by atoms with Crippen LogP contribution in [0.2, 0.25) is 0 Å². The molecule has 0 spiro atoms. The average Bonchev–Trinajstić information content (AvgIpc) is 2.87. The lowest BCUT2D eigenvalue weighted by Gasteiger charge is -2.02. The number of nitrogens with one attached hydrogen (secondary N) is 2. The fraction of sp³-hybridized carbons (Fsp3) is 0.545. The molecule has 1 aromatic heterocycles. The largest absolute Gasteiger partial charge is 0.385 e. The van der Waals surface area contributed by atoms with Gasteiger partial charge in [-0.2, -0.15) is 0 Å². The zero-order valence-corrected chi connectivity index (χ0v) is 12.5. The van der Waals surface area contributed by atoms with Crippen LogP contribution in [-0.4, -0.2) is 48.7 Å². The number of amides is 1. The fourth-order valence-corrected chi connectivity index (χ4v) is 2.71. The van der Waals surface area contributed by atoms with Gasteiger partial charge < -0.3 is 15.4 Å². The molecule has 0 fully saturated rings. The molecule has 2 N–H and O–H groups in total. The maximum Gasteiger partial charge on any atom is 0.230 e. The van der Waals surface area contributed by atoms with Crippen LogP contribution in [0.4, 0.5) is 5.13 Å². The molecule has 0 radical (unpaired) electrons. The van der Waals surface area contributed by atoms with Crippen LogP contribution >= 0.6 is 23.1 Å². The summed E-state index contributed by atoms with van der Waals surface area (Å²) < 4.78 is 5.68. The van der Waals surface area contributed by atoms with Gasteiger partial charge in [0.15, 0.2) is 4.34 Å². The molecule has 0 aliphatic carbocycles. The predicted molar refractivity (Wildman–Crippen MR) is 78.8 cm³/mol. The second-order valence-electron chi connectivity index (χ2n) is 3.53. The SMILES string of the molecule is C=CCNc1nnc(SCC(=O)NCCCOC)s1. The summed E-state index contributed by atoms with van der Waals surface area (Å²) in [6, 6.07) is 0. The van der Waals surface area contributed by atoms with E-state index >= 15 is 0 Å². The quantitative estimate of drug-likeness (QED) is 0.386. The molecule has 8 heteroatoms. The van der Waals surface area contributed by atoms with Gasteiger partial charge in [-0.3, -0.25) is 4.79 Å². The van der Waals surface area contributed by atoms with Crippen molar-refractivity contribution < 1.29 is 9.53 Å². The van der Waals surface area contributed by atoms with Crippen molar-refractivity contribution in [2.45, 2.75) is 10.8 Å². The van der Waals surface area contributed by atoms with Crippen molar-refractivity contribution in [1.29, 1.82) is 0 Å². The van der Waals surface area contributed by atoms with Gasteiger partial charge in [0, 0.05) is 26.8 Å². The molecule has 0 aromatic carbocycles. The molecule has 19 heavy (non-hydrogen) atoms. The van der Waals surface area contributed by atoms with E-state index < -0.39 is 0 Å². The molecule has 1 aromatic rings. The number of rotatable bonds is 10. The molecule has 0 aliphatic heterocycles. The van der Waals surface area contributed by atoms with Crippen LogP contribution in [0.15, 0.2) is 17.0 Å². The minimum absolute atomic E-state index is 0.00287. The number of thioether (sulfide) groups is 1. The maximum absolute atomic E-state index is 11.5. The molecule has 0 saturated carbocycles. The van der Waals surface area contributed by atoms with Gasteiger partial charge in [0.25, 0.3) is 0 Å². The lowest BCUT2D eigenvalue weighted by atomic mass is 10.4. The van der Waals surface area contributed by atoms with E-state index in [4.69, 9.17) is 4.74 Å². The van der Waals surface area contributed by atoms with Crippen LogP contribution in [0.1, 0.15) is 6.42 Å². The van der Waals surface area contributed by atoms with E-state index in [9.17, 15) is 4.79 Å². The molecular formula is C11H18N4O2S2. The molecule has 0 unspecified atom stereocenters. The van der Waals surface area contributed by atoms with Gasteiger partial charge >= 0.3 is 0 Å².